The Morgan fingerprint density at radius 1 is 1.71 bits per heavy atom. The molecular formula is C9H12N2O3. The summed E-state index contributed by atoms with van der Waals surface area (Å²) in [6.07, 6.45) is 2.25. The van der Waals surface area contributed by atoms with E-state index in [1.54, 1.807) is 6.07 Å². The van der Waals surface area contributed by atoms with Gasteiger partial charge in [-0.2, -0.15) is 0 Å². The van der Waals surface area contributed by atoms with Gasteiger partial charge >= 0.3 is 5.97 Å². The third kappa shape index (κ3) is 1.71. The molecule has 2 rings (SSSR count). The van der Waals surface area contributed by atoms with E-state index in [0.29, 0.717) is 5.92 Å². The van der Waals surface area contributed by atoms with E-state index < -0.39 is 5.97 Å². The van der Waals surface area contributed by atoms with E-state index >= 15 is 0 Å². The van der Waals surface area contributed by atoms with E-state index in [1.165, 1.54) is 11.8 Å². The molecule has 1 saturated carbocycles. The average molecular weight is 196 g/mol. The van der Waals surface area contributed by atoms with Crippen molar-refractivity contribution in [3.63, 3.8) is 0 Å². The largest absolute Gasteiger partial charge is 0.468 e. The van der Waals surface area contributed by atoms with E-state index in [2.05, 4.69) is 9.84 Å². The van der Waals surface area contributed by atoms with Crippen LogP contribution in [0.1, 0.15) is 24.5 Å². The minimum atomic E-state index is -0.420. The number of hydrogen-bond donors (Lipinski definition) is 1. The first-order valence-corrected chi connectivity index (χ1v) is 4.57. The van der Waals surface area contributed by atoms with Gasteiger partial charge in [0.05, 0.1) is 7.11 Å². The Labute approximate surface area is 80.7 Å². The van der Waals surface area contributed by atoms with Crippen molar-refractivity contribution in [1.82, 2.24) is 9.78 Å². The minimum Gasteiger partial charge on any atom is -0.468 e. The van der Waals surface area contributed by atoms with Crippen LogP contribution in [-0.4, -0.2) is 22.9 Å². The van der Waals surface area contributed by atoms with Crippen molar-refractivity contribution in [3.05, 3.63) is 22.1 Å². The monoisotopic (exact) mass is 196 g/mol. The zero-order valence-corrected chi connectivity index (χ0v) is 7.95. The molecule has 1 aliphatic carbocycles. The molecule has 1 aromatic heterocycles. The Balaban J connectivity index is 2.16. The lowest BCUT2D eigenvalue weighted by Gasteiger charge is -1.99. The summed E-state index contributed by atoms with van der Waals surface area (Å²) in [6, 6.07) is 1.56. The fourth-order valence-corrected chi connectivity index (χ4v) is 1.37. The average Bonchev–Trinajstić information content (AvgIpc) is 2.94. The number of carbonyl (C=O) groups excluding carboxylic acids is 1. The number of aromatic nitrogens is 2. The predicted octanol–water partition coefficient (Wildman–Crippen LogP) is 0.227. The first-order chi connectivity index (χ1) is 6.70. The normalized spacial score (nSPS) is 15.5. The standard InChI is InChI=1S/C9H12N2O3/c1-14-9(13)5-11-8(12)4-7(10-11)6-2-3-6/h4,6,10H,2-3,5H2,1H3. The molecule has 1 aromatic rings. The summed E-state index contributed by atoms with van der Waals surface area (Å²) >= 11 is 0. The Kier molecular flexibility index (Phi) is 2.15. The molecule has 0 aliphatic heterocycles. The van der Waals surface area contributed by atoms with Crippen LogP contribution in [0.15, 0.2) is 10.9 Å². The third-order valence-electron chi connectivity index (χ3n) is 2.34. The van der Waals surface area contributed by atoms with E-state index in [4.69, 9.17) is 0 Å². The van der Waals surface area contributed by atoms with Gasteiger partial charge in [0, 0.05) is 17.7 Å². The minimum absolute atomic E-state index is 0.0396. The second kappa shape index (κ2) is 3.32. The predicted molar refractivity (Wildman–Crippen MR) is 49.0 cm³/mol. The fourth-order valence-electron chi connectivity index (χ4n) is 1.37. The van der Waals surface area contributed by atoms with Crippen LogP contribution in [0.5, 0.6) is 0 Å². The maximum absolute atomic E-state index is 11.3. The maximum Gasteiger partial charge on any atom is 0.327 e. The summed E-state index contributed by atoms with van der Waals surface area (Å²) in [6.45, 7) is -0.0396. The van der Waals surface area contributed by atoms with Gasteiger partial charge in [-0.15, -0.1) is 0 Å². The zero-order valence-electron chi connectivity index (χ0n) is 7.95. The van der Waals surface area contributed by atoms with Crippen LogP contribution < -0.4 is 5.56 Å². The number of methoxy groups -OCH3 is 1. The highest BCUT2D eigenvalue weighted by Crippen LogP contribution is 2.38. The van der Waals surface area contributed by atoms with E-state index in [0.717, 1.165) is 18.5 Å². The van der Waals surface area contributed by atoms with Gasteiger partial charge in [0.25, 0.3) is 5.56 Å². The van der Waals surface area contributed by atoms with Crippen LogP contribution in [0.3, 0.4) is 0 Å². The summed E-state index contributed by atoms with van der Waals surface area (Å²) in [5.41, 5.74) is 0.760. The highest BCUT2D eigenvalue weighted by atomic mass is 16.5. The molecule has 1 N–H and O–H groups in total. The van der Waals surface area contributed by atoms with Crippen LogP contribution in [0.25, 0.3) is 0 Å². The summed E-state index contributed by atoms with van der Waals surface area (Å²) in [4.78, 5) is 22.3. The number of aromatic amines is 1. The quantitative estimate of drug-likeness (QED) is 0.704. The van der Waals surface area contributed by atoms with Gasteiger partial charge < -0.3 is 4.74 Å². The van der Waals surface area contributed by atoms with Crippen molar-refractivity contribution in [2.75, 3.05) is 7.11 Å². The number of H-pyrrole nitrogens is 1. The molecule has 14 heavy (non-hydrogen) atoms. The number of ether oxygens (including phenoxy) is 1. The smallest absolute Gasteiger partial charge is 0.327 e. The maximum atomic E-state index is 11.3. The summed E-state index contributed by atoms with van der Waals surface area (Å²) in [5.74, 6) is 0.0675. The van der Waals surface area contributed by atoms with Crippen LogP contribution in [-0.2, 0) is 16.1 Å². The van der Waals surface area contributed by atoms with Crippen molar-refractivity contribution in [1.29, 1.82) is 0 Å². The lowest BCUT2D eigenvalue weighted by atomic mass is 10.3. The van der Waals surface area contributed by atoms with Gasteiger partial charge in [0.15, 0.2) is 0 Å². The van der Waals surface area contributed by atoms with Crippen LogP contribution in [0, 0.1) is 0 Å². The molecule has 0 spiro atoms. The van der Waals surface area contributed by atoms with E-state index in [9.17, 15) is 9.59 Å². The molecule has 5 heteroatoms. The van der Waals surface area contributed by atoms with Gasteiger partial charge in [-0.25, -0.2) is 4.68 Å². The molecule has 0 radical (unpaired) electrons. The molecule has 1 fully saturated rings. The van der Waals surface area contributed by atoms with Gasteiger partial charge in [-0.05, 0) is 12.8 Å². The van der Waals surface area contributed by atoms with Gasteiger partial charge in [0.2, 0.25) is 0 Å². The molecule has 0 unspecified atom stereocenters. The van der Waals surface area contributed by atoms with Gasteiger partial charge in [0.1, 0.15) is 6.54 Å². The van der Waals surface area contributed by atoms with Crippen LogP contribution in [0.2, 0.25) is 0 Å². The fraction of sp³-hybridized carbons (Fsp3) is 0.556. The second-order valence-corrected chi connectivity index (χ2v) is 3.49. The highest BCUT2D eigenvalue weighted by Gasteiger charge is 2.26. The molecule has 76 valence electrons. The summed E-state index contributed by atoms with van der Waals surface area (Å²) < 4.78 is 5.75. The molecule has 0 saturated heterocycles. The van der Waals surface area contributed by atoms with Gasteiger partial charge in [-0.1, -0.05) is 0 Å². The second-order valence-electron chi connectivity index (χ2n) is 3.49. The Hall–Kier alpha value is -1.52. The molecule has 0 bridgehead atoms. The number of esters is 1. The molecule has 0 amide bonds. The molecule has 1 aliphatic rings. The van der Waals surface area contributed by atoms with E-state index in [1.807, 2.05) is 0 Å². The van der Waals surface area contributed by atoms with Crippen LogP contribution in [0.4, 0.5) is 0 Å². The van der Waals surface area contributed by atoms with Crippen molar-refractivity contribution in [3.8, 4) is 0 Å². The first-order valence-electron chi connectivity index (χ1n) is 4.57. The molecule has 0 aromatic carbocycles. The third-order valence-corrected chi connectivity index (χ3v) is 2.34. The van der Waals surface area contributed by atoms with Crippen molar-refractivity contribution in [2.24, 2.45) is 0 Å². The lowest BCUT2D eigenvalue weighted by Crippen LogP contribution is -2.22. The first kappa shape index (κ1) is 9.05. The SMILES string of the molecule is COC(=O)Cn1[nH]c(C2CC2)cc1=O. The van der Waals surface area contributed by atoms with E-state index in [-0.39, 0.29) is 12.1 Å². The number of carbonyl (C=O) groups is 1. The van der Waals surface area contributed by atoms with Crippen molar-refractivity contribution >= 4 is 5.97 Å². The zero-order chi connectivity index (χ0) is 10.1. The Bertz CT molecular complexity index is 400. The molecular weight excluding hydrogens is 184 g/mol. The summed E-state index contributed by atoms with van der Waals surface area (Å²) in [5, 5.41) is 2.91. The summed E-state index contributed by atoms with van der Waals surface area (Å²) in [7, 11) is 1.30. The number of nitrogens with one attached hydrogen (secondary N) is 1. The van der Waals surface area contributed by atoms with Crippen molar-refractivity contribution in [2.45, 2.75) is 25.3 Å². The van der Waals surface area contributed by atoms with Gasteiger partial charge in [-0.3, -0.25) is 14.7 Å². The molecule has 5 nitrogen and oxygen atoms in total. The number of nitrogens with zero attached hydrogens (tertiary/aromatic N) is 1. The van der Waals surface area contributed by atoms with Crippen molar-refractivity contribution < 1.29 is 9.53 Å². The Morgan fingerprint density at radius 3 is 3.00 bits per heavy atom. The number of hydrogen-bond acceptors (Lipinski definition) is 3. The highest BCUT2D eigenvalue weighted by molar-refractivity contribution is 5.68. The number of rotatable bonds is 3. The molecule has 1 heterocycles. The lowest BCUT2D eigenvalue weighted by molar-refractivity contribution is -0.141. The topological polar surface area (TPSA) is 64.1 Å². The van der Waals surface area contributed by atoms with Crippen LogP contribution >= 0.6 is 0 Å². The Morgan fingerprint density at radius 2 is 2.43 bits per heavy atom. The molecule has 0 atom stereocenters.